The van der Waals surface area contributed by atoms with Crippen molar-refractivity contribution in [3.05, 3.63) is 23.8 Å². The van der Waals surface area contributed by atoms with Gasteiger partial charge in [-0.25, -0.2) is 4.79 Å². The topological polar surface area (TPSA) is 92.7 Å². The zero-order valence-electron chi connectivity index (χ0n) is 30.3. The third-order valence-electron chi connectivity index (χ3n) is 8.09. The number of unbranched alkanes of at least 4 members (excludes halogenated alkanes) is 18. The van der Waals surface area contributed by atoms with Crippen LogP contribution < -0.4 is 9.47 Å². The predicted octanol–water partition coefficient (Wildman–Crippen LogP) is 9.48. The Morgan fingerprint density at radius 2 is 0.830 bits per heavy atom. The normalized spacial score (nSPS) is 11.2. The second-order valence-electron chi connectivity index (χ2n) is 12.5. The van der Waals surface area contributed by atoms with Gasteiger partial charge in [0, 0.05) is 6.07 Å². The van der Waals surface area contributed by atoms with Crippen LogP contribution in [-0.4, -0.2) is 77.1 Å². The fourth-order valence-corrected chi connectivity index (χ4v) is 5.30. The second-order valence-corrected chi connectivity index (χ2v) is 12.5. The molecule has 0 aliphatic rings. The SMILES string of the molecule is CCCCCCCCCCCCOc1cc(OCCCCCCCCCCCC)cc(C(=O)OCCOCCOCCOCCO)c1. The number of esters is 1. The molecule has 0 aliphatic carbocycles. The number of aliphatic hydroxyl groups is 1. The van der Waals surface area contributed by atoms with Crippen LogP contribution in [-0.2, 0) is 18.9 Å². The Labute approximate surface area is 287 Å². The van der Waals surface area contributed by atoms with E-state index in [-0.39, 0.29) is 19.8 Å². The summed E-state index contributed by atoms with van der Waals surface area (Å²) in [4.78, 5) is 12.9. The molecule has 0 saturated carbocycles. The Morgan fingerprint density at radius 3 is 1.23 bits per heavy atom. The highest BCUT2D eigenvalue weighted by atomic mass is 16.6. The van der Waals surface area contributed by atoms with Crippen LogP contribution >= 0.6 is 0 Å². The standard InChI is InChI=1S/C39H70O8/c1-3-5-7-9-11-13-15-17-19-21-24-45-37-33-36(39(41)47-32-31-44-30-29-43-28-27-42-26-23-40)34-38(35-37)46-25-22-20-18-16-14-12-10-8-6-4-2/h33-35,40H,3-32H2,1-2H3. The lowest BCUT2D eigenvalue weighted by Crippen LogP contribution is -2.14. The van der Waals surface area contributed by atoms with E-state index < -0.39 is 5.97 Å². The molecule has 0 spiro atoms. The van der Waals surface area contributed by atoms with Gasteiger partial charge in [-0.05, 0) is 25.0 Å². The lowest BCUT2D eigenvalue weighted by molar-refractivity contribution is -0.00315. The lowest BCUT2D eigenvalue weighted by atomic mass is 10.1. The van der Waals surface area contributed by atoms with Gasteiger partial charge in [-0.1, -0.05) is 129 Å². The Morgan fingerprint density at radius 1 is 0.468 bits per heavy atom. The van der Waals surface area contributed by atoms with Gasteiger partial charge in [0.15, 0.2) is 0 Å². The van der Waals surface area contributed by atoms with Crippen LogP contribution in [0.15, 0.2) is 18.2 Å². The first-order chi connectivity index (χ1) is 23.2. The predicted molar refractivity (Wildman–Crippen MR) is 191 cm³/mol. The molecule has 0 fully saturated rings. The Bertz CT molecular complexity index is 774. The first-order valence-corrected chi connectivity index (χ1v) is 19.1. The lowest BCUT2D eigenvalue weighted by Gasteiger charge is -2.13. The van der Waals surface area contributed by atoms with E-state index in [1.165, 1.54) is 103 Å². The van der Waals surface area contributed by atoms with E-state index in [9.17, 15) is 4.79 Å². The fourth-order valence-electron chi connectivity index (χ4n) is 5.30. The molecule has 0 heterocycles. The molecular formula is C39H70O8. The van der Waals surface area contributed by atoms with Gasteiger partial charge in [-0.15, -0.1) is 0 Å². The number of carbonyl (C=O) groups is 1. The molecule has 0 amide bonds. The second kappa shape index (κ2) is 34.0. The van der Waals surface area contributed by atoms with Crippen molar-refractivity contribution in [3.8, 4) is 11.5 Å². The van der Waals surface area contributed by atoms with E-state index in [2.05, 4.69) is 13.8 Å². The van der Waals surface area contributed by atoms with Crippen molar-refractivity contribution >= 4 is 5.97 Å². The largest absolute Gasteiger partial charge is 0.493 e. The number of carbonyl (C=O) groups excluding carboxylic acids is 1. The summed E-state index contributed by atoms with van der Waals surface area (Å²) in [5, 5.41) is 8.69. The van der Waals surface area contributed by atoms with Gasteiger partial charge < -0.3 is 33.5 Å². The van der Waals surface area contributed by atoms with E-state index in [4.69, 9.17) is 33.5 Å². The number of aliphatic hydroxyl groups excluding tert-OH is 1. The Balaban J connectivity index is 2.41. The van der Waals surface area contributed by atoms with Crippen LogP contribution in [0.3, 0.4) is 0 Å². The molecule has 1 rings (SSSR count). The van der Waals surface area contributed by atoms with E-state index in [0.717, 1.165) is 25.7 Å². The highest BCUT2D eigenvalue weighted by Crippen LogP contribution is 2.25. The molecule has 1 aromatic rings. The maximum absolute atomic E-state index is 12.9. The van der Waals surface area contributed by atoms with Crippen LogP contribution in [0.1, 0.15) is 153 Å². The van der Waals surface area contributed by atoms with Gasteiger partial charge >= 0.3 is 5.97 Å². The van der Waals surface area contributed by atoms with Crippen molar-refractivity contribution < 1.29 is 38.3 Å². The third kappa shape index (κ3) is 27.7. The first kappa shape index (κ1) is 43.2. The summed E-state index contributed by atoms with van der Waals surface area (Å²) in [6.45, 7) is 8.22. The summed E-state index contributed by atoms with van der Waals surface area (Å²) in [5.74, 6) is 0.869. The van der Waals surface area contributed by atoms with Crippen LogP contribution in [0, 0.1) is 0 Å². The average Bonchev–Trinajstić information content (AvgIpc) is 3.08. The summed E-state index contributed by atoms with van der Waals surface area (Å²) < 4.78 is 33.7. The maximum Gasteiger partial charge on any atom is 0.338 e. The monoisotopic (exact) mass is 667 g/mol. The van der Waals surface area contributed by atoms with E-state index in [1.807, 2.05) is 6.07 Å². The first-order valence-electron chi connectivity index (χ1n) is 19.1. The van der Waals surface area contributed by atoms with Crippen molar-refractivity contribution in [2.75, 3.05) is 66.1 Å². The third-order valence-corrected chi connectivity index (χ3v) is 8.09. The van der Waals surface area contributed by atoms with Crippen molar-refractivity contribution in [1.82, 2.24) is 0 Å². The van der Waals surface area contributed by atoms with Crippen molar-refractivity contribution in [3.63, 3.8) is 0 Å². The zero-order chi connectivity index (χ0) is 33.9. The molecule has 8 nitrogen and oxygen atoms in total. The Kier molecular flexibility index (Phi) is 31.2. The van der Waals surface area contributed by atoms with Gasteiger partial charge in [0.1, 0.15) is 18.1 Å². The van der Waals surface area contributed by atoms with Crippen molar-refractivity contribution in [2.24, 2.45) is 0 Å². The summed E-state index contributed by atoms with van der Waals surface area (Å²) in [6.07, 6.45) is 25.5. The molecule has 274 valence electrons. The summed E-state index contributed by atoms with van der Waals surface area (Å²) >= 11 is 0. The van der Waals surface area contributed by atoms with Crippen molar-refractivity contribution in [1.29, 1.82) is 0 Å². The minimum absolute atomic E-state index is 0.00624. The molecule has 0 radical (unpaired) electrons. The molecule has 47 heavy (non-hydrogen) atoms. The molecule has 0 atom stereocenters. The van der Waals surface area contributed by atoms with Gasteiger partial charge in [0.25, 0.3) is 0 Å². The molecule has 1 N–H and O–H groups in total. The van der Waals surface area contributed by atoms with Gasteiger partial charge in [0.2, 0.25) is 0 Å². The fraction of sp³-hybridized carbons (Fsp3) is 0.821. The van der Waals surface area contributed by atoms with Crippen molar-refractivity contribution in [2.45, 2.75) is 142 Å². The quantitative estimate of drug-likeness (QED) is 0.0559. The molecule has 8 heteroatoms. The summed E-state index contributed by atoms with van der Waals surface area (Å²) in [5.41, 5.74) is 0.426. The number of hydrogen-bond acceptors (Lipinski definition) is 8. The van der Waals surface area contributed by atoms with Gasteiger partial charge in [-0.2, -0.15) is 0 Å². The maximum atomic E-state index is 12.9. The van der Waals surface area contributed by atoms with Crippen LogP contribution in [0.5, 0.6) is 11.5 Å². The van der Waals surface area contributed by atoms with Crippen LogP contribution in [0.25, 0.3) is 0 Å². The van der Waals surface area contributed by atoms with Crippen LogP contribution in [0.4, 0.5) is 0 Å². The number of hydrogen-bond donors (Lipinski definition) is 1. The van der Waals surface area contributed by atoms with E-state index in [0.29, 0.717) is 63.3 Å². The molecule has 0 aliphatic heterocycles. The van der Waals surface area contributed by atoms with E-state index in [1.54, 1.807) is 12.1 Å². The number of benzene rings is 1. The molecular weight excluding hydrogens is 596 g/mol. The smallest absolute Gasteiger partial charge is 0.338 e. The summed E-state index contributed by atoms with van der Waals surface area (Å²) in [7, 11) is 0. The molecule has 0 saturated heterocycles. The molecule has 0 unspecified atom stereocenters. The number of ether oxygens (including phenoxy) is 6. The Hall–Kier alpha value is -1.87. The minimum Gasteiger partial charge on any atom is -0.493 e. The van der Waals surface area contributed by atoms with Gasteiger partial charge in [-0.3, -0.25) is 0 Å². The molecule has 1 aromatic carbocycles. The highest BCUT2D eigenvalue weighted by Gasteiger charge is 2.12. The highest BCUT2D eigenvalue weighted by molar-refractivity contribution is 5.90. The zero-order valence-corrected chi connectivity index (χ0v) is 30.3. The summed E-state index contributed by atoms with van der Waals surface area (Å²) in [6, 6.07) is 5.39. The van der Waals surface area contributed by atoms with Gasteiger partial charge in [0.05, 0.1) is 65.0 Å². The molecule has 0 aromatic heterocycles. The number of rotatable bonds is 36. The van der Waals surface area contributed by atoms with E-state index >= 15 is 0 Å². The average molecular weight is 667 g/mol. The minimum atomic E-state index is -0.418. The van der Waals surface area contributed by atoms with Crippen LogP contribution in [0.2, 0.25) is 0 Å². The molecule has 0 bridgehead atoms.